The zero-order valence-electron chi connectivity index (χ0n) is 20.2. The highest BCUT2D eigenvalue weighted by molar-refractivity contribution is 9.10. The maximum atomic E-state index is 12.6. The molecule has 1 fully saturated rings. The minimum Gasteiger partial charge on any atom is -0.379 e. The number of aromatic nitrogens is 1. The van der Waals surface area contributed by atoms with Gasteiger partial charge in [-0.2, -0.15) is 5.10 Å². The second-order valence-electron chi connectivity index (χ2n) is 8.81. The van der Waals surface area contributed by atoms with Crippen molar-refractivity contribution >= 4 is 28.1 Å². The second-order valence-corrected chi connectivity index (χ2v) is 9.60. The minimum atomic E-state index is -0.228. The summed E-state index contributed by atoms with van der Waals surface area (Å²) in [7, 11) is 0. The van der Waals surface area contributed by atoms with E-state index in [1.165, 1.54) is 16.7 Å². The topological polar surface area (TPSA) is 58.9 Å². The Hall–Kier alpha value is -2.74. The van der Waals surface area contributed by atoms with Crippen LogP contribution in [0.15, 0.2) is 52.0 Å². The fraction of sp³-hybridized carbons (Fsp3) is 0.333. The average molecular weight is 523 g/mol. The standard InChI is InChI=1S/C27H31BrN4O2/c1-18-5-10-25(19(2)15-18)32-20(3)24(26(28)21(32)4)16-29-30-27(33)23-8-6-22(7-9-23)17-31-11-13-34-14-12-31/h5-10,15-16H,11-14,17H2,1-4H3,(H,30,33)/b29-16-. The SMILES string of the molecule is Cc1ccc(-n2c(C)c(Br)c(/C=N\NC(=O)c3ccc(CN4CCOCC4)cc3)c2C)c(C)c1. The molecule has 6 nitrogen and oxygen atoms in total. The normalized spacial score (nSPS) is 14.6. The van der Waals surface area contributed by atoms with Crippen LogP contribution in [0.1, 0.15) is 44.0 Å². The number of hydrogen-bond donors (Lipinski definition) is 1. The number of carbonyl (C=O) groups excluding carboxylic acids is 1. The first kappa shape index (κ1) is 24.4. The van der Waals surface area contributed by atoms with Crippen molar-refractivity contribution in [2.45, 2.75) is 34.2 Å². The Bertz CT molecular complexity index is 1210. The van der Waals surface area contributed by atoms with Gasteiger partial charge < -0.3 is 9.30 Å². The summed E-state index contributed by atoms with van der Waals surface area (Å²) < 4.78 is 8.59. The van der Waals surface area contributed by atoms with Crippen molar-refractivity contribution in [2.24, 2.45) is 5.10 Å². The lowest BCUT2D eigenvalue weighted by atomic mass is 10.1. The highest BCUT2D eigenvalue weighted by Gasteiger charge is 2.17. The maximum absolute atomic E-state index is 12.6. The van der Waals surface area contributed by atoms with Crippen molar-refractivity contribution in [2.75, 3.05) is 26.3 Å². The Kier molecular flexibility index (Phi) is 7.66. The Labute approximate surface area is 209 Å². The van der Waals surface area contributed by atoms with E-state index in [2.05, 4.69) is 81.8 Å². The summed E-state index contributed by atoms with van der Waals surface area (Å²) in [4.78, 5) is 15.0. The molecular weight excluding hydrogens is 492 g/mol. The first-order valence-corrected chi connectivity index (χ1v) is 12.3. The Morgan fingerprint density at radius 3 is 2.44 bits per heavy atom. The fourth-order valence-electron chi connectivity index (χ4n) is 4.39. The lowest BCUT2D eigenvalue weighted by Crippen LogP contribution is -2.35. The molecule has 0 aliphatic carbocycles. The van der Waals surface area contributed by atoms with Crippen LogP contribution in [-0.2, 0) is 11.3 Å². The Morgan fingerprint density at radius 1 is 1.06 bits per heavy atom. The molecule has 0 saturated carbocycles. The number of aryl methyl sites for hydroxylation is 2. The number of morpholine rings is 1. The predicted molar refractivity (Wildman–Crippen MR) is 140 cm³/mol. The molecule has 2 aromatic carbocycles. The summed E-state index contributed by atoms with van der Waals surface area (Å²) in [6, 6.07) is 14.1. The van der Waals surface area contributed by atoms with E-state index in [-0.39, 0.29) is 5.91 Å². The van der Waals surface area contributed by atoms with Crippen LogP contribution in [0.25, 0.3) is 5.69 Å². The molecule has 0 bridgehead atoms. The summed E-state index contributed by atoms with van der Waals surface area (Å²) >= 11 is 3.71. The molecule has 1 saturated heterocycles. The van der Waals surface area contributed by atoms with Crippen LogP contribution in [0.2, 0.25) is 0 Å². The smallest absolute Gasteiger partial charge is 0.271 e. The first-order valence-electron chi connectivity index (χ1n) is 11.5. The van der Waals surface area contributed by atoms with Gasteiger partial charge in [0.2, 0.25) is 0 Å². The van der Waals surface area contributed by atoms with Gasteiger partial charge in [0, 0.05) is 52.3 Å². The molecule has 1 aromatic heterocycles. The second kappa shape index (κ2) is 10.7. The van der Waals surface area contributed by atoms with Crippen LogP contribution in [0.5, 0.6) is 0 Å². The van der Waals surface area contributed by atoms with Crippen molar-refractivity contribution in [3.05, 3.63) is 86.1 Å². The summed E-state index contributed by atoms with van der Waals surface area (Å²) in [5, 5.41) is 4.25. The number of rotatable bonds is 6. The van der Waals surface area contributed by atoms with Crippen LogP contribution in [0.4, 0.5) is 0 Å². The third-order valence-corrected chi connectivity index (χ3v) is 7.29. The Morgan fingerprint density at radius 2 is 1.76 bits per heavy atom. The molecule has 1 N–H and O–H groups in total. The van der Waals surface area contributed by atoms with Gasteiger partial charge in [-0.3, -0.25) is 9.69 Å². The number of halogens is 1. The van der Waals surface area contributed by atoms with E-state index in [1.54, 1.807) is 6.21 Å². The van der Waals surface area contributed by atoms with E-state index in [0.29, 0.717) is 5.56 Å². The van der Waals surface area contributed by atoms with E-state index in [1.807, 2.05) is 24.3 Å². The molecule has 1 aliphatic rings. The fourth-order valence-corrected chi connectivity index (χ4v) is 4.96. The van der Waals surface area contributed by atoms with E-state index < -0.39 is 0 Å². The van der Waals surface area contributed by atoms with Gasteiger partial charge >= 0.3 is 0 Å². The summed E-state index contributed by atoms with van der Waals surface area (Å²) in [6.45, 7) is 12.7. The largest absolute Gasteiger partial charge is 0.379 e. The van der Waals surface area contributed by atoms with Crippen molar-refractivity contribution in [1.29, 1.82) is 0 Å². The molecule has 0 atom stereocenters. The molecule has 3 aromatic rings. The van der Waals surface area contributed by atoms with Gasteiger partial charge in [-0.1, -0.05) is 29.8 Å². The van der Waals surface area contributed by atoms with Gasteiger partial charge in [-0.25, -0.2) is 5.43 Å². The van der Waals surface area contributed by atoms with Crippen LogP contribution in [-0.4, -0.2) is 47.9 Å². The number of nitrogens with zero attached hydrogens (tertiary/aromatic N) is 3. The molecule has 4 rings (SSSR count). The quantitative estimate of drug-likeness (QED) is 0.363. The van der Waals surface area contributed by atoms with Crippen LogP contribution in [0.3, 0.4) is 0 Å². The van der Waals surface area contributed by atoms with Crippen molar-refractivity contribution in [1.82, 2.24) is 14.9 Å². The molecule has 0 unspecified atom stereocenters. The van der Waals surface area contributed by atoms with Gasteiger partial charge in [0.1, 0.15) is 0 Å². The lowest BCUT2D eigenvalue weighted by Gasteiger charge is -2.26. The summed E-state index contributed by atoms with van der Waals surface area (Å²) in [5.41, 5.74) is 11.1. The monoisotopic (exact) mass is 522 g/mol. The Balaban J connectivity index is 1.44. The molecule has 1 amide bonds. The number of benzene rings is 2. The third-order valence-electron chi connectivity index (χ3n) is 6.29. The molecule has 1 aliphatic heterocycles. The van der Waals surface area contributed by atoms with Gasteiger partial charge in [0.15, 0.2) is 0 Å². The first-order chi connectivity index (χ1) is 16.3. The molecule has 0 radical (unpaired) electrons. The number of hydrazone groups is 1. The number of nitrogens with one attached hydrogen (secondary N) is 1. The molecule has 2 heterocycles. The zero-order chi connectivity index (χ0) is 24.2. The number of amides is 1. The maximum Gasteiger partial charge on any atom is 0.271 e. The molecule has 7 heteroatoms. The van der Waals surface area contributed by atoms with Gasteiger partial charge in [0.25, 0.3) is 5.91 Å². The molecule has 34 heavy (non-hydrogen) atoms. The van der Waals surface area contributed by atoms with E-state index in [0.717, 1.165) is 60.0 Å². The van der Waals surface area contributed by atoms with E-state index >= 15 is 0 Å². The number of ether oxygens (including phenoxy) is 1. The lowest BCUT2D eigenvalue weighted by molar-refractivity contribution is 0.0342. The highest BCUT2D eigenvalue weighted by Crippen LogP contribution is 2.31. The predicted octanol–water partition coefficient (Wildman–Crippen LogP) is 5.07. The van der Waals surface area contributed by atoms with Gasteiger partial charge in [0.05, 0.1) is 19.4 Å². The van der Waals surface area contributed by atoms with Crippen molar-refractivity contribution in [3.8, 4) is 5.69 Å². The number of hydrogen-bond acceptors (Lipinski definition) is 4. The minimum absolute atomic E-state index is 0.228. The van der Waals surface area contributed by atoms with Crippen LogP contribution >= 0.6 is 15.9 Å². The van der Waals surface area contributed by atoms with Crippen LogP contribution in [0, 0.1) is 27.7 Å². The van der Waals surface area contributed by atoms with Crippen LogP contribution < -0.4 is 5.43 Å². The third kappa shape index (κ3) is 5.32. The van der Waals surface area contributed by atoms with Crippen molar-refractivity contribution < 1.29 is 9.53 Å². The summed E-state index contributed by atoms with van der Waals surface area (Å²) in [5.74, 6) is -0.228. The summed E-state index contributed by atoms with van der Waals surface area (Å²) in [6.07, 6.45) is 1.71. The van der Waals surface area contributed by atoms with Gasteiger partial charge in [-0.15, -0.1) is 0 Å². The van der Waals surface area contributed by atoms with E-state index in [9.17, 15) is 4.79 Å². The molecule has 0 spiro atoms. The zero-order valence-corrected chi connectivity index (χ0v) is 21.8. The van der Waals surface area contributed by atoms with Crippen molar-refractivity contribution in [3.63, 3.8) is 0 Å². The number of carbonyl (C=O) groups is 1. The molecule has 178 valence electrons. The molecular formula is C27H31BrN4O2. The highest BCUT2D eigenvalue weighted by atomic mass is 79.9. The van der Waals surface area contributed by atoms with E-state index in [4.69, 9.17) is 4.74 Å². The van der Waals surface area contributed by atoms with Gasteiger partial charge in [-0.05, 0) is 73.0 Å². The average Bonchev–Trinajstić information content (AvgIpc) is 3.03.